The Kier molecular flexibility index (Phi) is 7.64. The van der Waals surface area contributed by atoms with Crippen LogP contribution in [0.4, 0.5) is 10.5 Å². The molecule has 0 spiro atoms. The first-order valence-corrected chi connectivity index (χ1v) is 11.1. The molecule has 9 nitrogen and oxygen atoms in total. The zero-order valence-corrected chi connectivity index (χ0v) is 18.7. The average molecular weight is 456 g/mol. The van der Waals surface area contributed by atoms with Crippen molar-refractivity contribution < 1.29 is 28.5 Å². The first-order chi connectivity index (χ1) is 16.1. The van der Waals surface area contributed by atoms with Gasteiger partial charge < -0.3 is 29.2 Å². The van der Waals surface area contributed by atoms with Crippen LogP contribution in [-0.2, 0) is 16.0 Å². The van der Waals surface area contributed by atoms with E-state index in [1.165, 1.54) is 0 Å². The van der Waals surface area contributed by atoms with Gasteiger partial charge in [-0.05, 0) is 48.9 Å². The molecule has 2 aliphatic rings. The van der Waals surface area contributed by atoms with Gasteiger partial charge in [0.25, 0.3) is 0 Å². The minimum absolute atomic E-state index is 0.210. The Balaban J connectivity index is 1.43. The molecule has 1 saturated heterocycles. The third-order valence-electron chi connectivity index (χ3n) is 5.53. The molecule has 9 heteroatoms. The van der Waals surface area contributed by atoms with Crippen molar-refractivity contribution in [3.8, 4) is 11.5 Å². The Morgan fingerprint density at radius 3 is 2.58 bits per heavy atom. The van der Waals surface area contributed by atoms with E-state index in [2.05, 4.69) is 10.2 Å². The number of nitrogens with one attached hydrogen (secondary N) is 1. The Labute approximate surface area is 193 Å². The average Bonchev–Trinajstić information content (AvgIpc) is 3.31. The normalized spacial score (nSPS) is 15.2. The van der Waals surface area contributed by atoms with E-state index in [-0.39, 0.29) is 18.8 Å². The van der Waals surface area contributed by atoms with Crippen LogP contribution in [0, 0.1) is 0 Å². The van der Waals surface area contributed by atoms with Crippen LogP contribution in [0.5, 0.6) is 11.5 Å². The second-order valence-corrected chi connectivity index (χ2v) is 7.79. The number of nitrogens with zero attached hydrogens (tertiary/aromatic N) is 2. The number of rotatable bonds is 8. The molecule has 1 fully saturated rings. The number of carbonyl (C=O) groups excluding carboxylic acids is 2. The van der Waals surface area contributed by atoms with E-state index in [0.717, 1.165) is 25.2 Å². The number of morpholine rings is 1. The molecule has 0 bridgehead atoms. The number of anilines is 1. The van der Waals surface area contributed by atoms with Crippen molar-refractivity contribution in [3.05, 3.63) is 53.6 Å². The third-order valence-corrected chi connectivity index (χ3v) is 5.53. The molecule has 0 unspecified atom stereocenters. The molecule has 2 aliphatic heterocycles. The van der Waals surface area contributed by atoms with Gasteiger partial charge in [0.15, 0.2) is 11.5 Å². The summed E-state index contributed by atoms with van der Waals surface area (Å²) in [5.74, 6) is 1.02. The molecular weight excluding hydrogens is 426 g/mol. The first kappa shape index (κ1) is 22.9. The fourth-order valence-corrected chi connectivity index (χ4v) is 3.71. The molecule has 0 atom stereocenters. The predicted octanol–water partition coefficient (Wildman–Crippen LogP) is 2.96. The molecule has 0 saturated carbocycles. The summed E-state index contributed by atoms with van der Waals surface area (Å²) in [4.78, 5) is 29.1. The van der Waals surface area contributed by atoms with Crippen molar-refractivity contribution >= 4 is 17.7 Å². The van der Waals surface area contributed by atoms with Crippen molar-refractivity contribution in [1.29, 1.82) is 0 Å². The summed E-state index contributed by atoms with van der Waals surface area (Å²) in [6.07, 6.45) is 0. The lowest BCUT2D eigenvalue weighted by atomic mass is 10.2. The number of hydrogen-bond donors (Lipinski definition) is 1. The number of fused-ring (bicyclic) bond motifs is 1. The maximum Gasteiger partial charge on any atom is 0.338 e. The van der Waals surface area contributed by atoms with Crippen LogP contribution >= 0.6 is 0 Å². The zero-order valence-electron chi connectivity index (χ0n) is 18.7. The summed E-state index contributed by atoms with van der Waals surface area (Å²) in [5.41, 5.74) is 2.00. The smallest absolute Gasteiger partial charge is 0.338 e. The van der Waals surface area contributed by atoms with Crippen molar-refractivity contribution in [2.75, 3.05) is 58.1 Å². The number of esters is 1. The molecule has 2 aromatic carbocycles. The molecular formula is C24H29N3O6. The van der Waals surface area contributed by atoms with Gasteiger partial charge in [-0.2, -0.15) is 0 Å². The number of urea groups is 1. The van der Waals surface area contributed by atoms with Crippen molar-refractivity contribution in [1.82, 2.24) is 9.80 Å². The standard InChI is InChI=1S/C24H29N3O6/c1-2-31-23(28)19-4-6-20(7-5-19)25-24(29)27(10-9-26-11-13-30-14-12-26)16-18-3-8-21-22(15-18)33-17-32-21/h3-8,15H,2,9-14,16-17H2,1H3,(H,25,29). The number of ether oxygens (including phenoxy) is 4. The van der Waals surface area contributed by atoms with Crippen LogP contribution in [0.2, 0.25) is 0 Å². The highest BCUT2D eigenvalue weighted by Gasteiger charge is 2.20. The maximum absolute atomic E-state index is 13.2. The van der Waals surface area contributed by atoms with Crippen LogP contribution in [0.3, 0.4) is 0 Å². The van der Waals surface area contributed by atoms with E-state index >= 15 is 0 Å². The summed E-state index contributed by atoms with van der Waals surface area (Å²) in [6.45, 7) is 7.15. The van der Waals surface area contributed by atoms with Crippen molar-refractivity contribution in [2.45, 2.75) is 13.5 Å². The van der Waals surface area contributed by atoms with Crippen LogP contribution in [0.25, 0.3) is 0 Å². The van der Waals surface area contributed by atoms with Crippen LogP contribution in [-0.4, -0.2) is 74.6 Å². The molecule has 2 aromatic rings. The monoisotopic (exact) mass is 455 g/mol. The highest BCUT2D eigenvalue weighted by atomic mass is 16.7. The fraction of sp³-hybridized carbons (Fsp3) is 0.417. The zero-order chi connectivity index (χ0) is 23.0. The molecule has 4 rings (SSSR count). The minimum atomic E-state index is -0.384. The molecule has 2 amide bonds. The second-order valence-electron chi connectivity index (χ2n) is 7.79. The van der Waals surface area contributed by atoms with Crippen LogP contribution in [0.15, 0.2) is 42.5 Å². The minimum Gasteiger partial charge on any atom is -0.462 e. The molecule has 1 N–H and O–H groups in total. The highest BCUT2D eigenvalue weighted by Crippen LogP contribution is 2.32. The van der Waals surface area contributed by atoms with E-state index < -0.39 is 0 Å². The number of benzene rings is 2. The Morgan fingerprint density at radius 1 is 1.06 bits per heavy atom. The van der Waals surface area contributed by atoms with Gasteiger partial charge in [-0.1, -0.05) is 6.07 Å². The molecule has 0 aliphatic carbocycles. The van der Waals surface area contributed by atoms with E-state index in [1.54, 1.807) is 36.1 Å². The second kappa shape index (κ2) is 11.0. The Bertz CT molecular complexity index is 959. The largest absolute Gasteiger partial charge is 0.462 e. The van der Waals surface area contributed by atoms with Gasteiger partial charge in [0, 0.05) is 38.4 Å². The predicted molar refractivity (Wildman–Crippen MR) is 122 cm³/mol. The van der Waals surface area contributed by atoms with Gasteiger partial charge in [0.1, 0.15) is 0 Å². The van der Waals surface area contributed by atoms with Crippen molar-refractivity contribution in [2.24, 2.45) is 0 Å². The summed E-state index contributed by atoms with van der Waals surface area (Å²) >= 11 is 0. The summed E-state index contributed by atoms with van der Waals surface area (Å²) in [5, 5.41) is 2.94. The summed E-state index contributed by atoms with van der Waals surface area (Å²) in [6, 6.07) is 12.2. The molecule has 33 heavy (non-hydrogen) atoms. The lowest BCUT2D eigenvalue weighted by Crippen LogP contribution is -2.44. The fourth-order valence-electron chi connectivity index (χ4n) is 3.71. The SMILES string of the molecule is CCOC(=O)c1ccc(NC(=O)N(CCN2CCOCC2)Cc2ccc3c(c2)OCO3)cc1. The maximum atomic E-state index is 13.2. The van der Waals surface area contributed by atoms with Crippen molar-refractivity contribution in [3.63, 3.8) is 0 Å². The van der Waals surface area contributed by atoms with E-state index in [0.29, 0.717) is 55.7 Å². The Morgan fingerprint density at radius 2 is 1.82 bits per heavy atom. The number of carbonyl (C=O) groups is 2. The van der Waals surface area contributed by atoms with Gasteiger partial charge in [-0.15, -0.1) is 0 Å². The van der Waals surface area contributed by atoms with Crippen LogP contribution < -0.4 is 14.8 Å². The van der Waals surface area contributed by atoms with E-state index in [1.807, 2.05) is 18.2 Å². The summed E-state index contributed by atoms with van der Waals surface area (Å²) < 4.78 is 21.3. The Hall–Kier alpha value is -3.30. The highest BCUT2D eigenvalue weighted by molar-refractivity contribution is 5.92. The number of amides is 2. The lowest BCUT2D eigenvalue weighted by Gasteiger charge is -2.30. The van der Waals surface area contributed by atoms with E-state index in [9.17, 15) is 9.59 Å². The molecule has 0 radical (unpaired) electrons. The van der Waals surface area contributed by atoms with Gasteiger partial charge >= 0.3 is 12.0 Å². The molecule has 0 aromatic heterocycles. The summed E-state index contributed by atoms with van der Waals surface area (Å²) in [7, 11) is 0. The number of hydrogen-bond acceptors (Lipinski definition) is 7. The lowest BCUT2D eigenvalue weighted by molar-refractivity contribution is 0.0349. The van der Waals surface area contributed by atoms with E-state index in [4.69, 9.17) is 18.9 Å². The molecule has 2 heterocycles. The van der Waals surface area contributed by atoms with Gasteiger partial charge in [0.05, 0.1) is 25.4 Å². The quantitative estimate of drug-likeness (QED) is 0.612. The molecule has 176 valence electrons. The van der Waals surface area contributed by atoms with Gasteiger partial charge in [-0.3, -0.25) is 4.90 Å². The van der Waals surface area contributed by atoms with Crippen LogP contribution in [0.1, 0.15) is 22.8 Å². The topological polar surface area (TPSA) is 89.6 Å². The van der Waals surface area contributed by atoms with Gasteiger partial charge in [-0.25, -0.2) is 9.59 Å². The van der Waals surface area contributed by atoms with Gasteiger partial charge in [0.2, 0.25) is 6.79 Å². The first-order valence-electron chi connectivity index (χ1n) is 11.1. The third kappa shape index (κ3) is 6.15.